The third kappa shape index (κ3) is 5.79. The van der Waals surface area contributed by atoms with Gasteiger partial charge in [0.1, 0.15) is 0 Å². The molecule has 0 aromatic carbocycles. The van der Waals surface area contributed by atoms with E-state index in [1.165, 1.54) is 20.8 Å². The van der Waals surface area contributed by atoms with Crippen molar-refractivity contribution in [3.8, 4) is 0 Å². The minimum Gasteiger partial charge on any atom is -0.349 e. The van der Waals surface area contributed by atoms with Crippen molar-refractivity contribution in [3.05, 3.63) is 0 Å². The maximum absolute atomic E-state index is 12.3. The Kier molecular flexibility index (Phi) is 6.00. The molecule has 0 radical (unpaired) electrons. The number of carbonyl (C=O) groups is 3. The predicted octanol–water partition coefficient (Wildman–Crippen LogP) is 1.49. The first-order chi connectivity index (χ1) is 8.05. The van der Waals surface area contributed by atoms with Crippen molar-refractivity contribution in [1.29, 1.82) is 0 Å². The van der Waals surface area contributed by atoms with Gasteiger partial charge in [0, 0.05) is 19.3 Å². The van der Waals surface area contributed by atoms with E-state index in [4.69, 9.17) is 0 Å². The third-order valence-corrected chi connectivity index (χ3v) is 2.40. The molecule has 0 aliphatic heterocycles. The highest BCUT2D eigenvalue weighted by atomic mass is 19.4. The highest BCUT2D eigenvalue weighted by Gasteiger charge is 2.44. The molecule has 0 aromatic rings. The molecule has 0 rings (SSSR count). The van der Waals surface area contributed by atoms with E-state index in [0.29, 0.717) is 0 Å². The van der Waals surface area contributed by atoms with Crippen LogP contribution in [-0.2, 0) is 14.4 Å². The van der Waals surface area contributed by atoms with Gasteiger partial charge in [0.25, 0.3) is 0 Å². The average Bonchev–Trinajstić information content (AvgIpc) is 2.20. The van der Waals surface area contributed by atoms with Crippen LogP contribution in [0.1, 0.15) is 27.2 Å². The molecule has 0 heterocycles. The number of hydrogen-bond donors (Lipinski definition) is 1. The van der Waals surface area contributed by atoms with Crippen molar-refractivity contribution in [1.82, 2.24) is 5.32 Å². The third-order valence-electron chi connectivity index (χ3n) is 2.40. The smallest absolute Gasteiger partial charge is 0.349 e. The quantitative estimate of drug-likeness (QED) is 0.793. The van der Waals surface area contributed by atoms with Gasteiger partial charge in [-0.05, 0) is 5.92 Å². The topological polar surface area (TPSA) is 63.2 Å². The first kappa shape index (κ1) is 16.6. The second kappa shape index (κ2) is 6.51. The summed E-state index contributed by atoms with van der Waals surface area (Å²) in [7, 11) is 0. The number of rotatable bonds is 6. The lowest BCUT2D eigenvalue weighted by Crippen LogP contribution is -2.37. The van der Waals surface area contributed by atoms with Crippen LogP contribution < -0.4 is 5.32 Å². The summed E-state index contributed by atoms with van der Waals surface area (Å²) in [6.07, 6.45) is -5.46. The Hall–Kier alpha value is -1.40. The molecule has 0 saturated heterocycles. The summed E-state index contributed by atoms with van der Waals surface area (Å²) in [5.74, 6) is -4.94. The van der Waals surface area contributed by atoms with E-state index in [1.807, 2.05) is 0 Å². The zero-order valence-electron chi connectivity index (χ0n) is 10.4. The van der Waals surface area contributed by atoms with Gasteiger partial charge in [-0.3, -0.25) is 14.4 Å². The summed E-state index contributed by atoms with van der Waals surface area (Å²) in [6, 6.07) is 0. The van der Waals surface area contributed by atoms with E-state index in [-0.39, 0.29) is 6.54 Å². The molecule has 0 bridgehead atoms. The van der Waals surface area contributed by atoms with Gasteiger partial charge in [0.05, 0.1) is 6.54 Å². The summed E-state index contributed by atoms with van der Waals surface area (Å²) in [4.78, 5) is 33.0. The van der Waals surface area contributed by atoms with Crippen molar-refractivity contribution >= 4 is 17.5 Å². The van der Waals surface area contributed by atoms with Gasteiger partial charge in [-0.15, -0.1) is 0 Å². The Morgan fingerprint density at radius 1 is 1.17 bits per heavy atom. The SMILES string of the molecule is CC(=O)NCC(=O)CC(C(=O)C(F)(F)F)C(C)C. The van der Waals surface area contributed by atoms with Crippen molar-refractivity contribution in [2.75, 3.05) is 6.54 Å². The lowest BCUT2D eigenvalue weighted by molar-refractivity contribution is -0.177. The monoisotopic (exact) mass is 267 g/mol. The van der Waals surface area contributed by atoms with Crippen LogP contribution in [0, 0.1) is 11.8 Å². The Morgan fingerprint density at radius 2 is 1.67 bits per heavy atom. The Balaban J connectivity index is 4.60. The van der Waals surface area contributed by atoms with E-state index in [0.717, 1.165) is 0 Å². The zero-order valence-corrected chi connectivity index (χ0v) is 10.4. The average molecular weight is 267 g/mol. The molecule has 0 aromatic heterocycles. The molecule has 18 heavy (non-hydrogen) atoms. The number of carbonyl (C=O) groups excluding carboxylic acids is 3. The fourth-order valence-corrected chi connectivity index (χ4v) is 1.38. The van der Waals surface area contributed by atoms with Crippen LogP contribution in [0.25, 0.3) is 0 Å². The van der Waals surface area contributed by atoms with Crippen LogP contribution in [0.2, 0.25) is 0 Å². The normalized spacial score (nSPS) is 13.3. The second-order valence-electron chi connectivity index (χ2n) is 4.37. The van der Waals surface area contributed by atoms with Gasteiger partial charge in [0.15, 0.2) is 5.78 Å². The highest BCUT2D eigenvalue weighted by molar-refractivity contribution is 5.92. The van der Waals surface area contributed by atoms with Gasteiger partial charge in [0.2, 0.25) is 11.7 Å². The van der Waals surface area contributed by atoms with Crippen molar-refractivity contribution in [2.45, 2.75) is 33.4 Å². The van der Waals surface area contributed by atoms with Crippen LogP contribution >= 0.6 is 0 Å². The van der Waals surface area contributed by atoms with Gasteiger partial charge in [-0.25, -0.2) is 0 Å². The summed E-state index contributed by atoms with van der Waals surface area (Å²) in [5.41, 5.74) is 0. The first-order valence-corrected chi connectivity index (χ1v) is 5.42. The minimum atomic E-state index is -4.94. The lowest BCUT2D eigenvalue weighted by Gasteiger charge is -2.20. The van der Waals surface area contributed by atoms with Crippen molar-refractivity contribution in [3.63, 3.8) is 0 Å². The molecule has 104 valence electrons. The number of halogens is 3. The molecule has 0 aliphatic rings. The number of ketones is 2. The first-order valence-electron chi connectivity index (χ1n) is 5.42. The molecule has 4 nitrogen and oxygen atoms in total. The summed E-state index contributed by atoms with van der Waals surface area (Å²) >= 11 is 0. The highest BCUT2D eigenvalue weighted by Crippen LogP contribution is 2.27. The van der Waals surface area contributed by atoms with Gasteiger partial charge >= 0.3 is 6.18 Å². The van der Waals surface area contributed by atoms with Crippen molar-refractivity contribution < 1.29 is 27.6 Å². The van der Waals surface area contributed by atoms with E-state index in [2.05, 4.69) is 5.32 Å². The molecule has 1 unspecified atom stereocenters. The van der Waals surface area contributed by atoms with Crippen LogP contribution in [0.5, 0.6) is 0 Å². The van der Waals surface area contributed by atoms with Crippen molar-refractivity contribution in [2.24, 2.45) is 11.8 Å². The maximum atomic E-state index is 12.3. The van der Waals surface area contributed by atoms with Crippen LogP contribution in [0.3, 0.4) is 0 Å². The number of alkyl halides is 3. The molecule has 7 heteroatoms. The molecule has 1 amide bonds. The standard InChI is InChI=1S/C11H16F3NO3/c1-6(2)9(10(18)11(12,13)14)4-8(17)5-15-7(3)16/h6,9H,4-5H2,1-3H3,(H,15,16). The molecule has 0 spiro atoms. The lowest BCUT2D eigenvalue weighted by atomic mass is 9.86. The molecule has 0 fully saturated rings. The molecule has 0 saturated carbocycles. The van der Waals surface area contributed by atoms with Crippen LogP contribution in [0.4, 0.5) is 13.2 Å². The number of nitrogens with one attached hydrogen (secondary N) is 1. The molecule has 1 atom stereocenters. The summed E-state index contributed by atoms with van der Waals surface area (Å²) in [6.45, 7) is 3.72. The Labute approximate surface area is 103 Å². The Bertz CT molecular complexity index is 337. The van der Waals surface area contributed by atoms with E-state index < -0.39 is 41.9 Å². The Morgan fingerprint density at radius 3 is 2.00 bits per heavy atom. The van der Waals surface area contributed by atoms with Gasteiger partial charge in [-0.2, -0.15) is 13.2 Å². The number of Topliss-reactive ketones (excluding diaryl/α,β-unsaturated/α-hetero) is 2. The predicted molar refractivity (Wildman–Crippen MR) is 57.7 cm³/mol. The summed E-state index contributed by atoms with van der Waals surface area (Å²) < 4.78 is 36.9. The fraction of sp³-hybridized carbons (Fsp3) is 0.727. The fourth-order valence-electron chi connectivity index (χ4n) is 1.38. The maximum Gasteiger partial charge on any atom is 0.450 e. The molecule has 1 N–H and O–H groups in total. The van der Waals surface area contributed by atoms with E-state index >= 15 is 0 Å². The van der Waals surface area contributed by atoms with E-state index in [9.17, 15) is 27.6 Å². The van der Waals surface area contributed by atoms with Crippen LogP contribution in [-0.4, -0.2) is 30.2 Å². The molecular formula is C11H16F3NO3. The molecule has 0 aliphatic carbocycles. The minimum absolute atomic E-state index is 0.357. The molecular weight excluding hydrogens is 251 g/mol. The number of hydrogen-bond acceptors (Lipinski definition) is 3. The zero-order chi connectivity index (χ0) is 14.5. The van der Waals surface area contributed by atoms with Gasteiger partial charge in [-0.1, -0.05) is 13.8 Å². The second-order valence-corrected chi connectivity index (χ2v) is 4.37. The number of amides is 1. The van der Waals surface area contributed by atoms with E-state index in [1.54, 1.807) is 0 Å². The van der Waals surface area contributed by atoms with Gasteiger partial charge < -0.3 is 5.32 Å². The summed E-state index contributed by atoms with van der Waals surface area (Å²) in [5, 5.41) is 2.19. The largest absolute Gasteiger partial charge is 0.450 e. The van der Waals surface area contributed by atoms with Crippen LogP contribution in [0.15, 0.2) is 0 Å².